The highest BCUT2D eigenvalue weighted by atomic mass is 32.2. The summed E-state index contributed by atoms with van der Waals surface area (Å²) in [4.78, 5) is 1.97. The molecule has 0 bridgehead atoms. The van der Waals surface area contributed by atoms with Crippen molar-refractivity contribution in [3.05, 3.63) is 35.9 Å². The second kappa shape index (κ2) is 7.17. The number of ether oxygens (including phenoxy) is 1. The van der Waals surface area contributed by atoms with Gasteiger partial charge in [-0.25, -0.2) is 8.42 Å². The SMILES string of the molecule is O=S1(=O)CCN(CC(O)COCc2ccccc2)CC1. The fourth-order valence-electron chi connectivity index (χ4n) is 2.17. The van der Waals surface area contributed by atoms with Gasteiger partial charge in [0.25, 0.3) is 0 Å². The molecular formula is C14H21NO4S. The summed E-state index contributed by atoms with van der Waals surface area (Å²) in [6.45, 7) is 2.20. The summed E-state index contributed by atoms with van der Waals surface area (Å²) in [5.74, 6) is 0.370. The van der Waals surface area contributed by atoms with Crippen LogP contribution >= 0.6 is 0 Å². The van der Waals surface area contributed by atoms with Crippen LogP contribution in [0.3, 0.4) is 0 Å². The number of aliphatic hydroxyl groups excluding tert-OH is 1. The first-order valence-electron chi connectivity index (χ1n) is 6.78. The minimum atomic E-state index is -2.86. The third-order valence-electron chi connectivity index (χ3n) is 3.33. The maximum atomic E-state index is 11.3. The van der Waals surface area contributed by atoms with E-state index in [4.69, 9.17) is 4.74 Å². The van der Waals surface area contributed by atoms with Gasteiger partial charge in [-0.3, -0.25) is 4.90 Å². The number of β-amino-alcohol motifs (C(OH)–C–C–N with tert-alkyl or cyclic N) is 1. The van der Waals surface area contributed by atoms with Crippen LogP contribution in [0.4, 0.5) is 0 Å². The minimum absolute atomic E-state index is 0.185. The lowest BCUT2D eigenvalue weighted by Crippen LogP contribution is -2.44. The molecule has 0 aromatic heterocycles. The first-order chi connectivity index (χ1) is 9.55. The molecule has 1 aromatic rings. The second-order valence-electron chi connectivity index (χ2n) is 5.11. The maximum absolute atomic E-state index is 11.3. The van der Waals surface area contributed by atoms with Crippen LogP contribution in [0.5, 0.6) is 0 Å². The van der Waals surface area contributed by atoms with Crippen LogP contribution in [0.25, 0.3) is 0 Å². The van der Waals surface area contributed by atoms with Crippen molar-refractivity contribution in [2.45, 2.75) is 12.7 Å². The Morgan fingerprint density at radius 1 is 1.20 bits per heavy atom. The van der Waals surface area contributed by atoms with Gasteiger partial charge in [-0.1, -0.05) is 30.3 Å². The molecule has 5 nitrogen and oxygen atoms in total. The van der Waals surface area contributed by atoms with Gasteiger partial charge in [-0.05, 0) is 5.56 Å². The Morgan fingerprint density at radius 3 is 2.50 bits per heavy atom. The summed E-state index contributed by atoms with van der Waals surface area (Å²) in [6.07, 6.45) is -0.584. The van der Waals surface area contributed by atoms with Crippen molar-refractivity contribution >= 4 is 9.84 Å². The van der Waals surface area contributed by atoms with Gasteiger partial charge in [0.05, 0.1) is 30.8 Å². The van der Waals surface area contributed by atoms with Crippen LogP contribution in [0.1, 0.15) is 5.56 Å². The van der Waals surface area contributed by atoms with E-state index in [0.29, 0.717) is 26.2 Å². The molecular weight excluding hydrogens is 278 g/mol. The van der Waals surface area contributed by atoms with Crippen LogP contribution in [-0.4, -0.2) is 62.3 Å². The average Bonchev–Trinajstić information content (AvgIpc) is 2.42. The molecule has 1 fully saturated rings. The fourth-order valence-corrected chi connectivity index (χ4v) is 3.45. The van der Waals surface area contributed by atoms with Gasteiger partial charge < -0.3 is 9.84 Å². The van der Waals surface area contributed by atoms with E-state index in [1.807, 2.05) is 35.2 Å². The lowest BCUT2D eigenvalue weighted by atomic mass is 10.2. The van der Waals surface area contributed by atoms with E-state index in [9.17, 15) is 13.5 Å². The van der Waals surface area contributed by atoms with E-state index in [1.165, 1.54) is 0 Å². The zero-order valence-corrected chi connectivity index (χ0v) is 12.3. The van der Waals surface area contributed by atoms with Gasteiger partial charge in [-0.2, -0.15) is 0 Å². The molecule has 2 rings (SSSR count). The first kappa shape index (κ1) is 15.4. The van der Waals surface area contributed by atoms with Crippen molar-refractivity contribution in [1.82, 2.24) is 4.90 Å². The standard InChI is InChI=1S/C14H21NO4S/c16-14(10-15-6-8-20(17,18)9-7-15)12-19-11-13-4-2-1-3-5-13/h1-5,14,16H,6-12H2. The van der Waals surface area contributed by atoms with Crippen molar-refractivity contribution < 1.29 is 18.3 Å². The molecule has 0 saturated carbocycles. The maximum Gasteiger partial charge on any atom is 0.152 e. The molecule has 1 unspecified atom stereocenters. The van der Waals surface area contributed by atoms with Gasteiger partial charge in [-0.15, -0.1) is 0 Å². The van der Waals surface area contributed by atoms with Crippen molar-refractivity contribution in [3.63, 3.8) is 0 Å². The predicted octanol–water partition coefficient (Wildman–Crippen LogP) is 0.294. The van der Waals surface area contributed by atoms with E-state index < -0.39 is 15.9 Å². The normalized spacial score (nSPS) is 20.6. The number of sulfone groups is 1. The van der Waals surface area contributed by atoms with E-state index in [-0.39, 0.29) is 18.1 Å². The van der Waals surface area contributed by atoms with E-state index in [2.05, 4.69) is 0 Å². The van der Waals surface area contributed by atoms with Crippen molar-refractivity contribution in [2.75, 3.05) is 37.7 Å². The summed E-state index contributed by atoms with van der Waals surface area (Å²) in [6, 6.07) is 9.79. The van der Waals surface area contributed by atoms with E-state index >= 15 is 0 Å². The van der Waals surface area contributed by atoms with Crippen LogP contribution in [-0.2, 0) is 21.2 Å². The summed E-state index contributed by atoms with van der Waals surface area (Å²) in [5.41, 5.74) is 1.07. The smallest absolute Gasteiger partial charge is 0.152 e. The lowest BCUT2D eigenvalue weighted by molar-refractivity contribution is 0.0112. The van der Waals surface area contributed by atoms with E-state index in [1.54, 1.807) is 0 Å². The van der Waals surface area contributed by atoms with Crippen LogP contribution in [0.2, 0.25) is 0 Å². The van der Waals surface area contributed by atoms with Crippen molar-refractivity contribution in [3.8, 4) is 0 Å². The Labute approximate surface area is 120 Å². The molecule has 1 heterocycles. The number of hydrogen-bond acceptors (Lipinski definition) is 5. The number of benzene rings is 1. The first-order valence-corrected chi connectivity index (χ1v) is 8.60. The van der Waals surface area contributed by atoms with Gasteiger partial charge >= 0.3 is 0 Å². The quantitative estimate of drug-likeness (QED) is 0.818. The van der Waals surface area contributed by atoms with Crippen LogP contribution in [0, 0.1) is 0 Å². The number of rotatable bonds is 6. The highest BCUT2D eigenvalue weighted by molar-refractivity contribution is 7.91. The monoisotopic (exact) mass is 299 g/mol. The van der Waals surface area contributed by atoms with Gasteiger partial charge in [0.15, 0.2) is 9.84 Å². The minimum Gasteiger partial charge on any atom is -0.389 e. The van der Waals surface area contributed by atoms with Crippen LogP contribution in [0.15, 0.2) is 30.3 Å². The molecule has 1 aliphatic heterocycles. The lowest BCUT2D eigenvalue weighted by Gasteiger charge is -2.28. The third-order valence-corrected chi connectivity index (χ3v) is 4.94. The zero-order chi connectivity index (χ0) is 14.4. The Balaban J connectivity index is 1.65. The van der Waals surface area contributed by atoms with Gasteiger partial charge in [0.1, 0.15) is 0 Å². The molecule has 6 heteroatoms. The highest BCUT2D eigenvalue weighted by Crippen LogP contribution is 2.05. The molecule has 1 N–H and O–H groups in total. The summed E-state index contributed by atoms with van der Waals surface area (Å²) in [7, 11) is -2.86. The Bertz CT molecular complexity index is 489. The summed E-state index contributed by atoms with van der Waals surface area (Å²) >= 11 is 0. The number of hydrogen-bond donors (Lipinski definition) is 1. The molecule has 0 spiro atoms. The molecule has 0 amide bonds. The summed E-state index contributed by atoms with van der Waals surface area (Å²) in [5, 5.41) is 9.89. The third kappa shape index (κ3) is 5.20. The predicted molar refractivity (Wildman–Crippen MR) is 77.2 cm³/mol. The highest BCUT2D eigenvalue weighted by Gasteiger charge is 2.22. The van der Waals surface area contributed by atoms with Gasteiger partial charge in [0, 0.05) is 19.6 Å². The molecule has 1 saturated heterocycles. The molecule has 20 heavy (non-hydrogen) atoms. The van der Waals surface area contributed by atoms with Gasteiger partial charge in [0.2, 0.25) is 0 Å². The topological polar surface area (TPSA) is 66.8 Å². The summed E-state index contributed by atoms with van der Waals surface area (Å²) < 4.78 is 28.1. The largest absolute Gasteiger partial charge is 0.389 e. The van der Waals surface area contributed by atoms with E-state index in [0.717, 1.165) is 5.56 Å². The van der Waals surface area contributed by atoms with Crippen molar-refractivity contribution in [2.24, 2.45) is 0 Å². The van der Waals surface area contributed by atoms with Crippen molar-refractivity contribution in [1.29, 1.82) is 0 Å². The second-order valence-corrected chi connectivity index (χ2v) is 7.41. The Hall–Kier alpha value is -0.950. The molecule has 0 radical (unpaired) electrons. The number of aliphatic hydroxyl groups is 1. The molecule has 0 aliphatic carbocycles. The Kier molecular flexibility index (Phi) is 5.54. The molecule has 112 valence electrons. The number of nitrogens with zero attached hydrogens (tertiary/aromatic N) is 1. The molecule has 1 aromatic carbocycles. The van der Waals surface area contributed by atoms with Crippen LogP contribution < -0.4 is 0 Å². The molecule has 1 atom stereocenters. The average molecular weight is 299 g/mol. The zero-order valence-electron chi connectivity index (χ0n) is 11.4. The molecule has 1 aliphatic rings. The fraction of sp³-hybridized carbons (Fsp3) is 0.571. The Morgan fingerprint density at radius 2 is 1.85 bits per heavy atom.